The minimum atomic E-state index is -1.34. The molecule has 0 heterocycles. The fraction of sp³-hybridized carbons (Fsp3) is 0.143. The Morgan fingerprint density at radius 3 is 2.07 bits per heavy atom. The summed E-state index contributed by atoms with van der Waals surface area (Å²) in [6, 6.07) is 22.6. The van der Waals surface area contributed by atoms with E-state index in [2.05, 4.69) is 4.72 Å². The van der Waals surface area contributed by atoms with Crippen molar-refractivity contribution in [1.29, 1.82) is 0 Å². The minimum Gasteiger partial charge on any atom is -0.238 e. The van der Waals surface area contributed by atoms with E-state index in [1.165, 1.54) is 0 Å². The summed E-state index contributed by atoms with van der Waals surface area (Å²) in [7, 11) is -1.34. The van der Waals surface area contributed by atoms with Crippen molar-refractivity contribution in [2.45, 2.75) is 17.2 Å². The van der Waals surface area contributed by atoms with Crippen LogP contribution < -0.4 is 4.72 Å². The van der Waals surface area contributed by atoms with Gasteiger partial charge in [-0.1, -0.05) is 65.1 Å². The van der Waals surface area contributed by atoms with Gasteiger partial charge in [-0.2, -0.15) is 0 Å². The van der Waals surface area contributed by atoms with Gasteiger partial charge in [-0.15, -0.1) is 0 Å². The second kappa shape index (κ2) is 9.72. The molecule has 0 radical (unpaired) electrons. The van der Waals surface area contributed by atoms with Crippen LogP contribution in [-0.4, -0.2) is 10.8 Å². The molecular formula is C21H18Cl3NOS. The van der Waals surface area contributed by atoms with Crippen LogP contribution in [0.5, 0.6) is 0 Å². The third-order valence-electron chi connectivity index (χ3n) is 4.21. The number of benzene rings is 3. The Kier molecular flexibility index (Phi) is 7.33. The van der Waals surface area contributed by atoms with Crippen molar-refractivity contribution in [3.8, 4) is 0 Å². The molecule has 27 heavy (non-hydrogen) atoms. The number of hydrogen-bond acceptors (Lipinski definition) is 1. The second-order valence-electron chi connectivity index (χ2n) is 6.15. The Morgan fingerprint density at radius 1 is 0.815 bits per heavy atom. The average molecular weight is 439 g/mol. The molecule has 3 aromatic carbocycles. The van der Waals surface area contributed by atoms with Gasteiger partial charge in [-0.05, 0) is 60.0 Å². The van der Waals surface area contributed by atoms with Crippen LogP contribution in [0.25, 0.3) is 0 Å². The number of nitrogens with one attached hydrogen (secondary N) is 1. The normalized spacial score (nSPS) is 13.3. The topological polar surface area (TPSA) is 29.1 Å². The lowest BCUT2D eigenvalue weighted by Gasteiger charge is -2.18. The molecule has 2 unspecified atom stereocenters. The minimum absolute atomic E-state index is 0.131. The quantitative estimate of drug-likeness (QED) is 0.462. The molecule has 0 aliphatic carbocycles. The Hall–Kier alpha value is -1.36. The van der Waals surface area contributed by atoms with Crippen LogP contribution in [-0.2, 0) is 17.4 Å². The molecule has 2 nitrogen and oxygen atoms in total. The number of hydrogen-bond donors (Lipinski definition) is 1. The van der Waals surface area contributed by atoms with Crippen molar-refractivity contribution in [3.63, 3.8) is 0 Å². The van der Waals surface area contributed by atoms with Gasteiger partial charge in [0.15, 0.2) is 0 Å². The van der Waals surface area contributed by atoms with E-state index in [9.17, 15) is 4.21 Å². The first-order chi connectivity index (χ1) is 13.0. The Labute approximate surface area is 177 Å². The highest BCUT2D eigenvalue weighted by Gasteiger charge is 2.15. The molecule has 0 fully saturated rings. The van der Waals surface area contributed by atoms with Crippen molar-refractivity contribution in [3.05, 3.63) is 99.0 Å². The van der Waals surface area contributed by atoms with E-state index >= 15 is 0 Å². The molecule has 6 heteroatoms. The lowest BCUT2D eigenvalue weighted by Crippen LogP contribution is -2.25. The van der Waals surface area contributed by atoms with Crippen molar-refractivity contribution in [2.75, 3.05) is 6.54 Å². The van der Waals surface area contributed by atoms with Crippen molar-refractivity contribution < 1.29 is 4.21 Å². The maximum atomic E-state index is 12.6. The van der Waals surface area contributed by atoms with Gasteiger partial charge < -0.3 is 0 Å². The van der Waals surface area contributed by atoms with Crippen LogP contribution in [0.3, 0.4) is 0 Å². The summed E-state index contributed by atoms with van der Waals surface area (Å²) in [6.07, 6.45) is 0.790. The van der Waals surface area contributed by atoms with Gasteiger partial charge in [0.05, 0.1) is 4.90 Å². The highest BCUT2D eigenvalue weighted by molar-refractivity contribution is 7.83. The van der Waals surface area contributed by atoms with Gasteiger partial charge >= 0.3 is 0 Å². The second-order valence-corrected chi connectivity index (χ2v) is 8.76. The Balaban J connectivity index is 1.75. The standard InChI is InChI=1S/C21H18Cl3NOS/c22-18-8-4-15(5-9-18)12-17(16-6-10-19(23)11-7-16)14-25-27(26)21-3-1-2-20(24)13-21/h1-11,13,17,25H,12,14H2. The van der Waals surface area contributed by atoms with E-state index in [0.29, 0.717) is 26.5 Å². The molecule has 0 aliphatic rings. The third kappa shape index (κ3) is 6.06. The molecule has 3 rings (SSSR count). The fourth-order valence-corrected chi connectivity index (χ4v) is 4.25. The van der Waals surface area contributed by atoms with Crippen LogP contribution in [0.1, 0.15) is 17.0 Å². The molecule has 140 valence electrons. The monoisotopic (exact) mass is 437 g/mol. The summed E-state index contributed by atoms with van der Waals surface area (Å²) in [6.45, 7) is 0.545. The van der Waals surface area contributed by atoms with Gasteiger partial charge in [0.2, 0.25) is 0 Å². The van der Waals surface area contributed by atoms with Crippen molar-refractivity contribution in [1.82, 2.24) is 4.72 Å². The Morgan fingerprint density at radius 2 is 1.44 bits per heavy atom. The first-order valence-corrected chi connectivity index (χ1v) is 10.7. The van der Waals surface area contributed by atoms with Gasteiger partial charge in [0, 0.05) is 27.5 Å². The molecule has 0 spiro atoms. The zero-order chi connectivity index (χ0) is 19.2. The average Bonchev–Trinajstić information content (AvgIpc) is 2.67. The maximum absolute atomic E-state index is 12.6. The molecule has 0 aromatic heterocycles. The molecule has 1 N–H and O–H groups in total. The zero-order valence-corrected chi connectivity index (χ0v) is 17.5. The van der Waals surface area contributed by atoms with Crippen LogP contribution in [0.4, 0.5) is 0 Å². The predicted molar refractivity (Wildman–Crippen MR) is 115 cm³/mol. The van der Waals surface area contributed by atoms with Gasteiger partial charge in [0.1, 0.15) is 11.0 Å². The van der Waals surface area contributed by atoms with Crippen molar-refractivity contribution >= 4 is 45.8 Å². The molecule has 0 bridgehead atoms. The van der Waals surface area contributed by atoms with E-state index in [4.69, 9.17) is 34.8 Å². The van der Waals surface area contributed by atoms with Crippen molar-refractivity contribution in [2.24, 2.45) is 0 Å². The summed E-state index contributed by atoms with van der Waals surface area (Å²) in [5, 5.41) is 1.97. The predicted octanol–water partition coefficient (Wildman–Crippen LogP) is 6.29. The van der Waals surface area contributed by atoms with E-state index < -0.39 is 11.0 Å². The summed E-state index contributed by atoms with van der Waals surface area (Å²) < 4.78 is 15.7. The highest BCUT2D eigenvalue weighted by atomic mass is 35.5. The molecule has 0 amide bonds. The van der Waals surface area contributed by atoms with E-state index in [0.717, 1.165) is 17.5 Å². The molecular weight excluding hydrogens is 421 g/mol. The molecule has 0 saturated heterocycles. The van der Waals surface area contributed by atoms with Crippen LogP contribution in [0.2, 0.25) is 15.1 Å². The zero-order valence-electron chi connectivity index (χ0n) is 14.4. The van der Waals surface area contributed by atoms with Gasteiger partial charge in [0.25, 0.3) is 0 Å². The van der Waals surface area contributed by atoms with Gasteiger partial charge in [-0.3, -0.25) is 0 Å². The molecule has 0 saturated carbocycles. The summed E-state index contributed by atoms with van der Waals surface area (Å²) in [5.41, 5.74) is 2.29. The molecule has 2 atom stereocenters. The number of halogens is 3. The van der Waals surface area contributed by atoms with E-state index in [-0.39, 0.29) is 5.92 Å². The van der Waals surface area contributed by atoms with Gasteiger partial charge in [-0.25, -0.2) is 8.93 Å². The Bertz CT molecular complexity index is 913. The van der Waals surface area contributed by atoms with Crippen LogP contribution in [0.15, 0.2) is 77.7 Å². The first kappa shape index (κ1) is 20.4. The van der Waals surface area contributed by atoms with E-state index in [1.54, 1.807) is 24.3 Å². The summed E-state index contributed by atoms with van der Waals surface area (Å²) in [4.78, 5) is 0.656. The lowest BCUT2D eigenvalue weighted by molar-refractivity contribution is 0.638. The smallest absolute Gasteiger partial charge is 0.124 e. The summed E-state index contributed by atoms with van der Waals surface area (Å²) in [5.74, 6) is 0.131. The van der Waals surface area contributed by atoms with E-state index in [1.807, 2.05) is 48.5 Å². The largest absolute Gasteiger partial charge is 0.238 e. The first-order valence-electron chi connectivity index (χ1n) is 8.42. The summed E-state index contributed by atoms with van der Waals surface area (Å²) >= 11 is 18.0. The lowest BCUT2D eigenvalue weighted by atomic mass is 9.92. The fourth-order valence-electron chi connectivity index (χ4n) is 2.79. The highest BCUT2D eigenvalue weighted by Crippen LogP contribution is 2.24. The van der Waals surface area contributed by atoms with Crippen LogP contribution >= 0.6 is 34.8 Å². The maximum Gasteiger partial charge on any atom is 0.124 e. The molecule has 3 aromatic rings. The SMILES string of the molecule is O=S(NCC(Cc1ccc(Cl)cc1)c1ccc(Cl)cc1)c1cccc(Cl)c1. The number of rotatable bonds is 7. The molecule has 0 aliphatic heterocycles. The third-order valence-corrected chi connectivity index (χ3v) is 6.06. The van der Waals surface area contributed by atoms with Crippen LogP contribution in [0, 0.1) is 0 Å².